The van der Waals surface area contributed by atoms with Crippen molar-refractivity contribution in [3.05, 3.63) is 0 Å². The molecule has 0 spiro atoms. The number of methoxy groups -OCH3 is 1. The average Bonchev–Trinajstić information content (AvgIpc) is 2.38. The van der Waals surface area contributed by atoms with Crippen molar-refractivity contribution in [2.75, 3.05) is 60.0 Å². The smallest absolute Gasteiger partial charge is 0.242 e. The van der Waals surface area contributed by atoms with Crippen LogP contribution in [-0.2, 0) is 14.3 Å². The van der Waals surface area contributed by atoms with Gasteiger partial charge in [-0.3, -0.25) is 9.59 Å². The Kier molecular flexibility index (Phi) is 6.80. The van der Waals surface area contributed by atoms with Gasteiger partial charge in [0.15, 0.2) is 0 Å². The first-order valence-corrected chi connectivity index (χ1v) is 6.75. The van der Waals surface area contributed by atoms with Crippen molar-refractivity contribution in [3.8, 4) is 0 Å². The molecule has 0 radical (unpaired) electrons. The first kappa shape index (κ1) is 15.9. The highest BCUT2D eigenvalue weighted by atomic mass is 16.5. The third-order valence-electron chi connectivity index (χ3n) is 3.40. The van der Waals surface area contributed by atoms with Crippen molar-refractivity contribution in [2.45, 2.75) is 13.3 Å². The number of nitrogens with zero attached hydrogens (tertiary/aromatic N) is 3. The Bertz CT molecular complexity index is 302. The highest BCUT2D eigenvalue weighted by Crippen LogP contribution is 2.02. The Hall–Kier alpha value is -1.14. The van der Waals surface area contributed by atoms with E-state index in [-0.39, 0.29) is 18.4 Å². The standard InChI is InChI=1S/C13H25N3O3/c1-12(17)16(5-4-10-19-3)11-13(18)15-8-6-14(2)7-9-15/h4-11H2,1-3H3. The van der Waals surface area contributed by atoms with Crippen molar-refractivity contribution >= 4 is 11.8 Å². The lowest BCUT2D eigenvalue weighted by Gasteiger charge is -2.33. The molecule has 0 aromatic carbocycles. The van der Waals surface area contributed by atoms with Crippen LogP contribution in [0.3, 0.4) is 0 Å². The van der Waals surface area contributed by atoms with E-state index in [1.807, 2.05) is 4.90 Å². The molecule has 0 bridgehead atoms. The molecule has 0 unspecified atom stereocenters. The molecule has 1 rings (SSSR count). The molecule has 1 heterocycles. The number of carbonyl (C=O) groups excluding carboxylic acids is 2. The fourth-order valence-corrected chi connectivity index (χ4v) is 2.07. The summed E-state index contributed by atoms with van der Waals surface area (Å²) in [5.41, 5.74) is 0. The Morgan fingerprint density at radius 1 is 1.21 bits per heavy atom. The molecule has 0 aliphatic carbocycles. The Morgan fingerprint density at radius 3 is 2.37 bits per heavy atom. The van der Waals surface area contributed by atoms with Gasteiger partial charge in [0.25, 0.3) is 0 Å². The minimum absolute atomic E-state index is 0.0423. The van der Waals surface area contributed by atoms with E-state index >= 15 is 0 Å². The summed E-state index contributed by atoms with van der Waals surface area (Å²) >= 11 is 0. The minimum Gasteiger partial charge on any atom is -0.385 e. The fourth-order valence-electron chi connectivity index (χ4n) is 2.07. The second-order valence-electron chi connectivity index (χ2n) is 4.97. The maximum atomic E-state index is 12.1. The summed E-state index contributed by atoms with van der Waals surface area (Å²) in [6.07, 6.45) is 0.756. The Labute approximate surface area is 115 Å². The largest absolute Gasteiger partial charge is 0.385 e. The zero-order valence-corrected chi connectivity index (χ0v) is 12.2. The first-order chi connectivity index (χ1) is 9.04. The molecule has 1 aliphatic heterocycles. The Balaban J connectivity index is 2.40. The number of piperazine rings is 1. The molecule has 19 heavy (non-hydrogen) atoms. The molecule has 0 aromatic rings. The van der Waals surface area contributed by atoms with E-state index in [1.165, 1.54) is 6.92 Å². The van der Waals surface area contributed by atoms with Gasteiger partial charge in [-0.1, -0.05) is 0 Å². The number of likely N-dealkylation sites (N-methyl/N-ethyl adjacent to an activating group) is 1. The molecule has 0 N–H and O–H groups in total. The SMILES string of the molecule is COCCCN(CC(=O)N1CCN(C)CC1)C(C)=O. The van der Waals surface area contributed by atoms with Gasteiger partial charge < -0.3 is 19.4 Å². The third-order valence-corrected chi connectivity index (χ3v) is 3.40. The van der Waals surface area contributed by atoms with Gasteiger partial charge in [0.05, 0.1) is 6.54 Å². The van der Waals surface area contributed by atoms with E-state index in [2.05, 4.69) is 11.9 Å². The number of amides is 2. The van der Waals surface area contributed by atoms with E-state index in [9.17, 15) is 9.59 Å². The predicted octanol–water partition coefficient (Wildman–Crippen LogP) is -0.355. The number of rotatable bonds is 6. The van der Waals surface area contributed by atoms with Crippen molar-refractivity contribution < 1.29 is 14.3 Å². The third kappa shape index (κ3) is 5.57. The summed E-state index contributed by atoms with van der Waals surface area (Å²) in [6.45, 7) is 6.16. The maximum Gasteiger partial charge on any atom is 0.242 e. The summed E-state index contributed by atoms with van der Waals surface area (Å²) in [6, 6.07) is 0. The van der Waals surface area contributed by atoms with Crippen molar-refractivity contribution in [1.82, 2.24) is 14.7 Å². The van der Waals surface area contributed by atoms with Gasteiger partial charge in [-0.25, -0.2) is 0 Å². The molecule has 0 atom stereocenters. The molecule has 110 valence electrons. The average molecular weight is 271 g/mol. The van der Waals surface area contributed by atoms with Gasteiger partial charge in [-0.15, -0.1) is 0 Å². The molecule has 1 aliphatic rings. The zero-order valence-electron chi connectivity index (χ0n) is 12.2. The number of hydrogen-bond donors (Lipinski definition) is 0. The lowest BCUT2D eigenvalue weighted by molar-refractivity contribution is -0.140. The maximum absolute atomic E-state index is 12.1. The van der Waals surface area contributed by atoms with Gasteiger partial charge in [-0.2, -0.15) is 0 Å². The lowest BCUT2D eigenvalue weighted by atomic mass is 10.3. The van der Waals surface area contributed by atoms with E-state index in [4.69, 9.17) is 4.74 Å². The normalized spacial score (nSPS) is 16.5. The Morgan fingerprint density at radius 2 is 1.84 bits per heavy atom. The lowest BCUT2D eigenvalue weighted by Crippen LogP contribution is -2.50. The molecule has 2 amide bonds. The minimum atomic E-state index is -0.0569. The van der Waals surface area contributed by atoms with Gasteiger partial charge in [0, 0.05) is 53.4 Å². The van der Waals surface area contributed by atoms with Crippen LogP contribution in [0.5, 0.6) is 0 Å². The van der Waals surface area contributed by atoms with Crippen LogP contribution in [0.2, 0.25) is 0 Å². The second kappa shape index (κ2) is 8.12. The van der Waals surface area contributed by atoms with Crippen LogP contribution in [0.4, 0.5) is 0 Å². The van der Waals surface area contributed by atoms with Crippen LogP contribution in [0, 0.1) is 0 Å². The molecule has 0 aromatic heterocycles. The predicted molar refractivity (Wildman–Crippen MR) is 72.8 cm³/mol. The fraction of sp³-hybridized carbons (Fsp3) is 0.846. The molecule has 0 saturated carbocycles. The summed E-state index contributed by atoms with van der Waals surface area (Å²) in [7, 11) is 3.68. The summed E-state index contributed by atoms with van der Waals surface area (Å²) in [5, 5.41) is 0. The van der Waals surface area contributed by atoms with Crippen LogP contribution in [-0.4, -0.2) is 86.5 Å². The molecular weight excluding hydrogens is 246 g/mol. The molecule has 1 saturated heterocycles. The van der Waals surface area contributed by atoms with Crippen molar-refractivity contribution in [2.24, 2.45) is 0 Å². The monoisotopic (exact) mass is 271 g/mol. The van der Waals surface area contributed by atoms with Crippen LogP contribution in [0.1, 0.15) is 13.3 Å². The van der Waals surface area contributed by atoms with Gasteiger partial charge >= 0.3 is 0 Å². The van der Waals surface area contributed by atoms with Crippen LogP contribution >= 0.6 is 0 Å². The van der Waals surface area contributed by atoms with E-state index < -0.39 is 0 Å². The van der Waals surface area contributed by atoms with Crippen LogP contribution in [0.15, 0.2) is 0 Å². The highest BCUT2D eigenvalue weighted by Gasteiger charge is 2.21. The van der Waals surface area contributed by atoms with E-state index in [0.29, 0.717) is 13.2 Å². The van der Waals surface area contributed by atoms with Gasteiger partial charge in [0.2, 0.25) is 11.8 Å². The van der Waals surface area contributed by atoms with E-state index in [1.54, 1.807) is 12.0 Å². The molecule has 6 heteroatoms. The van der Waals surface area contributed by atoms with Crippen molar-refractivity contribution in [3.63, 3.8) is 0 Å². The summed E-state index contributed by atoms with van der Waals surface area (Å²) in [4.78, 5) is 29.3. The van der Waals surface area contributed by atoms with Crippen LogP contribution < -0.4 is 0 Å². The quantitative estimate of drug-likeness (QED) is 0.619. The zero-order chi connectivity index (χ0) is 14.3. The molecular formula is C13H25N3O3. The number of ether oxygens (including phenoxy) is 1. The number of hydrogen-bond acceptors (Lipinski definition) is 4. The molecule has 1 fully saturated rings. The summed E-state index contributed by atoms with van der Waals surface area (Å²) in [5.74, 6) is -0.0145. The highest BCUT2D eigenvalue weighted by molar-refractivity contribution is 5.83. The number of carbonyl (C=O) groups is 2. The second-order valence-corrected chi connectivity index (χ2v) is 4.97. The van der Waals surface area contributed by atoms with E-state index in [0.717, 1.165) is 32.6 Å². The topological polar surface area (TPSA) is 53.1 Å². The first-order valence-electron chi connectivity index (χ1n) is 6.75. The van der Waals surface area contributed by atoms with Gasteiger partial charge in [0.1, 0.15) is 0 Å². The van der Waals surface area contributed by atoms with Crippen molar-refractivity contribution in [1.29, 1.82) is 0 Å². The molecule has 6 nitrogen and oxygen atoms in total. The van der Waals surface area contributed by atoms with Gasteiger partial charge in [-0.05, 0) is 13.5 Å². The van der Waals surface area contributed by atoms with Crippen LogP contribution in [0.25, 0.3) is 0 Å². The summed E-state index contributed by atoms with van der Waals surface area (Å²) < 4.78 is 4.97.